The number of hydrogen-bond acceptors (Lipinski definition) is 5. The Bertz CT molecular complexity index is 393. The second-order valence-corrected chi connectivity index (χ2v) is 3.74. The molecule has 0 saturated carbocycles. The van der Waals surface area contributed by atoms with Crippen LogP contribution in [-0.2, 0) is 16.1 Å². The normalized spacial score (nSPS) is 10.1. The molecular weight excluding hydrogens is 234 g/mol. The summed E-state index contributed by atoms with van der Waals surface area (Å²) < 4.78 is 9.76. The molecule has 1 aromatic rings. The first kappa shape index (κ1) is 14.3. The fourth-order valence-corrected chi connectivity index (χ4v) is 1.50. The molecule has 0 aromatic heterocycles. The van der Waals surface area contributed by atoms with Crippen LogP contribution in [0.1, 0.15) is 18.9 Å². The summed E-state index contributed by atoms with van der Waals surface area (Å²) in [6.07, 6.45) is 0.343. The molecule has 2 N–H and O–H groups in total. The maximum absolute atomic E-state index is 11.1. The van der Waals surface area contributed by atoms with Crippen molar-refractivity contribution in [3.8, 4) is 11.5 Å². The summed E-state index contributed by atoms with van der Waals surface area (Å²) in [5.41, 5.74) is 0.928. The highest BCUT2D eigenvalue weighted by atomic mass is 16.5. The number of aromatic hydroxyl groups is 1. The van der Waals surface area contributed by atoms with Crippen LogP contribution >= 0.6 is 0 Å². The molecule has 18 heavy (non-hydrogen) atoms. The van der Waals surface area contributed by atoms with Gasteiger partial charge in [0, 0.05) is 13.1 Å². The summed E-state index contributed by atoms with van der Waals surface area (Å²) in [5, 5.41) is 12.7. The molecule has 1 rings (SSSR count). The zero-order valence-electron chi connectivity index (χ0n) is 10.7. The van der Waals surface area contributed by atoms with E-state index in [9.17, 15) is 9.90 Å². The van der Waals surface area contributed by atoms with E-state index in [1.165, 1.54) is 7.11 Å². The van der Waals surface area contributed by atoms with Crippen LogP contribution in [0, 0.1) is 0 Å². The lowest BCUT2D eigenvalue weighted by Crippen LogP contribution is -2.19. The number of hydrogen-bond donors (Lipinski definition) is 2. The second kappa shape index (κ2) is 7.55. The molecule has 5 nitrogen and oxygen atoms in total. The van der Waals surface area contributed by atoms with Crippen molar-refractivity contribution in [3.05, 3.63) is 23.8 Å². The molecule has 0 bridgehead atoms. The van der Waals surface area contributed by atoms with E-state index in [0.29, 0.717) is 31.9 Å². The zero-order valence-corrected chi connectivity index (χ0v) is 10.7. The van der Waals surface area contributed by atoms with Gasteiger partial charge in [0.15, 0.2) is 11.5 Å². The zero-order chi connectivity index (χ0) is 13.4. The van der Waals surface area contributed by atoms with Gasteiger partial charge >= 0.3 is 5.97 Å². The highest BCUT2D eigenvalue weighted by Crippen LogP contribution is 2.25. The van der Waals surface area contributed by atoms with Gasteiger partial charge in [-0.3, -0.25) is 4.79 Å². The maximum Gasteiger partial charge on any atom is 0.307 e. The number of methoxy groups -OCH3 is 1. The van der Waals surface area contributed by atoms with E-state index in [-0.39, 0.29) is 11.7 Å². The molecule has 0 aliphatic rings. The number of phenolic OH excluding ortho intramolecular Hbond substituents is 1. The number of nitrogens with one attached hydrogen (secondary N) is 1. The van der Waals surface area contributed by atoms with Gasteiger partial charge in [0.25, 0.3) is 0 Å². The van der Waals surface area contributed by atoms with Crippen molar-refractivity contribution in [3.63, 3.8) is 0 Å². The van der Waals surface area contributed by atoms with Crippen LogP contribution in [0.2, 0.25) is 0 Å². The number of rotatable bonds is 7. The van der Waals surface area contributed by atoms with E-state index in [4.69, 9.17) is 9.47 Å². The number of carbonyl (C=O) groups excluding carboxylic acids is 1. The molecule has 0 amide bonds. The minimum Gasteiger partial charge on any atom is -0.504 e. The van der Waals surface area contributed by atoms with Crippen molar-refractivity contribution in [2.24, 2.45) is 0 Å². The van der Waals surface area contributed by atoms with E-state index in [1.54, 1.807) is 19.1 Å². The lowest BCUT2D eigenvalue weighted by atomic mass is 10.2. The Labute approximate surface area is 107 Å². The largest absolute Gasteiger partial charge is 0.504 e. The van der Waals surface area contributed by atoms with E-state index in [1.807, 2.05) is 6.07 Å². The Morgan fingerprint density at radius 2 is 2.22 bits per heavy atom. The molecule has 5 heteroatoms. The molecule has 0 atom stereocenters. The Morgan fingerprint density at radius 1 is 1.44 bits per heavy atom. The smallest absolute Gasteiger partial charge is 0.307 e. The van der Waals surface area contributed by atoms with Gasteiger partial charge in [-0.1, -0.05) is 6.07 Å². The van der Waals surface area contributed by atoms with E-state index in [0.717, 1.165) is 5.56 Å². The van der Waals surface area contributed by atoms with Gasteiger partial charge in [0.2, 0.25) is 0 Å². The van der Waals surface area contributed by atoms with Crippen molar-refractivity contribution in [1.29, 1.82) is 0 Å². The third kappa shape index (κ3) is 4.63. The van der Waals surface area contributed by atoms with Gasteiger partial charge in [-0.05, 0) is 24.6 Å². The number of phenols is 1. The van der Waals surface area contributed by atoms with Crippen LogP contribution < -0.4 is 10.1 Å². The van der Waals surface area contributed by atoms with Crippen LogP contribution in [0.15, 0.2) is 18.2 Å². The first-order valence-corrected chi connectivity index (χ1v) is 5.89. The van der Waals surface area contributed by atoms with Crippen molar-refractivity contribution >= 4 is 5.97 Å². The number of ether oxygens (including phenoxy) is 2. The molecule has 0 fully saturated rings. The lowest BCUT2D eigenvalue weighted by molar-refractivity contribution is -0.142. The predicted octanol–water partition coefficient (Wildman–Crippen LogP) is 1.44. The first-order chi connectivity index (χ1) is 8.67. The lowest BCUT2D eigenvalue weighted by Gasteiger charge is -2.07. The van der Waals surface area contributed by atoms with E-state index >= 15 is 0 Å². The van der Waals surface area contributed by atoms with Gasteiger partial charge in [-0.15, -0.1) is 0 Å². The summed E-state index contributed by atoms with van der Waals surface area (Å²) in [4.78, 5) is 11.1. The molecule has 100 valence electrons. The molecule has 0 aliphatic carbocycles. The monoisotopic (exact) mass is 253 g/mol. The Balaban J connectivity index is 2.31. The molecule has 0 unspecified atom stereocenters. The summed E-state index contributed by atoms with van der Waals surface area (Å²) >= 11 is 0. The van der Waals surface area contributed by atoms with Gasteiger partial charge in [-0.25, -0.2) is 0 Å². The number of esters is 1. The number of carbonyl (C=O) groups is 1. The summed E-state index contributed by atoms with van der Waals surface area (Å²) in [7, 11) is 1.51. The quantitative estimate of drug-likeness (QED) is 0.568. The van der Waals surface area contributed by atoms with Crippen molar-refractivity contribution < 1.29 is 19.4 Å². The summed E-state index contributed by atoms with van der Waals surface area (Å²) in [6.45, 7) is 3.32. The fraction of sp³-hybridized carbons (Fsp3) is 0.462. The van der Waals surface area contributed by atoms with Gasteiger partial charge in [-0.2, -0.15) is 0 Å². The first-order valence-electron chi connectivity index (χ1n) is 5.89. The Kier molecular flexibility index (Phi) is 6.00. The van der Waals surface area contributed by atoms with Gasteiger partial charge in [0.05, 0.1) is 20.1 Å². The van der Waals surface area contributed by atoms with Crippen LogP contribution in [0.4, 0.5) is 0 Å². The third-order valence-corrected chi connectivity index (χ3v) is 2.38. The number of benzene rings is 1. The summed E-state index contributed by atoms with van der Waals surface area (Å²) in [5.74, 6) is 0.357. The van der Waals surface area contributed by atoms with E-state index in [2.05, 4.69) is 5.32 Å². The minimum absolute atomic E-state index is 0.113. The topological polar surface area (TPSA) is 67.8 Å². The second-order valence-electron chi connectivity index (χ2n) is 3.74. The Morgan fingerprint density at radius 3 is 2.83 bits per heavy atom. The highest BCUT2D eigenvalue weighted by molar-refractivity contribution is 5.69. The average Bonchev–Trinajstić information content (AvgIpc) is 2.35. The summed E-state index contributed by atoms with van der Waals surface area (Å²) in [6, 6.07) is 5.20. The minimum atomic E-state index is -0.206. The van der Waals surface area contributed by atoms with Crippen molar-refractivity contribution in [2.45, 2.75) is 19.9 Å². The Hall–Kier alpha value is -1.75. The predicted molar refractivity (Wildman–Crippen MR) is 67.6 cm³/mol. The van der Waals surface area contributed by atoms with Crippen LogP contribution in [-0.4, -0.2) is 31.3 Å². The van der Waals surface area contributed by atoms with E-state index < -0.39 is 0 Å². The molecule has 0 heterocycles. The van der Waals surface area contributed by atoms with Crippen LogP contribution in [0.3, 0.4) is 0 Å². The van der Waals surface area contributed by atoms with Gasteiger partial charge in [0.1, 0.15) is 0 Å². The van der Waals surface area contributed by atoms with Crippen LogP contribution in [0.25, 0.3) is 0 Å². The molecular formula is C13H19NO4. The molecule has 0 radical (unpaired) electrons. The average molecular weight is 253 g/mol. The highest BCUT2D eigenvalue weighted by Gasteiger charge is 2.03. The molecule has 0 saturated heterocycles. The third-order valence-electron chi connectivity index (χ3n) is 2.38. The van der Waals surface area contributed by atoms with Crippen molar-refractivity contribution in [2.75, 3.05) is 20.3 Å². The standard InChI is InChI=1S/C13H19NO4/c1-3-18-13(16)6-7-14-9-10-4-5-12(17-2)11(15)8-10/h4-5,8,14-15H,3,6-7,9H2,1-2H3. The maximum atomic E-state index is 11.1. The van der Waals surface area contributed by atoms with Gasteiger partial charge < -0.3 is 19.9 Å². The fourth-order valence-electron chi connectivity index (χ4n) is 1.50. The molecule has 1 aromatic carbocycles. The SMILES string of the molecule is CCOC(=O)CCNCc1ccc(OC)c(O)c1. The van der Waals surface area contributed by atoms with Crippen LogP contribution in [0.5, 0.6) is 11.5 Å². The molecule has 0 spiro atoms. The molecule has 0 aliphatic heterocycles. The van der Waals surface area contributed by atoms with Crippen molar-refractivity contribution in [1.82, 2.24) is 5.32 Å².